The summed E-state index contributed by atoms with van der Waals surface area (Å²) in [6.45, 7) is 5.16. The minimum absolute atomic E-state index is 0.210. The molecule has 0 aromatic heterocycles. The van der Waals surface area contributed by atoms with E-state index in [1.807, 2.05) is 0 Å². The molecule has 18 heavy (non-hydrogen) atoms. The maximum atomic E-state index is 11.8. The standard InChI is InChI=1S/C14H21NO2S/c1-3-18(16,17)15-10-8-13(9-11-15)14-7-5-4-6-12(14)2/h4-7,13H,3,8-11H2,1-2H3. The van der Waals surface area contributed by atoms with Crippen molar-refractivity contribution < 1.29 is 8.42 Å². The first-order chi connectivity index (χ1) is 8.54. The second kappa shape index (κ2) is 5.41. The van der Waals surface area contributed by atoms with Gasteiger partial charge in [-0.15, -0.1) is 0 Å². The molecule has 0 saturated carbocycles. The summed E-state index contributed by atoms with van der Waals surface area (Å²) in [6.07, 6.45) is 1.87. The maximum absolute atomic E-state index is 11.8. The van der Waals surface area contributed by atoms with E-state index in [4.69, 9.17) is 0 Å². The van der Waals surface area contributed by atoms with Gasteiger partial charge < -0.3 is 0 Å². The van der Waals surface area contributed by atoms with Gasteiger partial charge in [-0.05, 0) is 43.7 Å². The fourth-order valence-corrected chi connectivity index (χ4v) is 3.80. The predicted molar refractivity (Wildman–Crippen MR) is 74.2 cm³/mol. The van der Waals surface area contributed by atoms with Crippen LogP contribution in [0.3, 0.4) is 0 Å². The molecule has 0 unspecified atom stereocenters. The van der Waals surface area contributed by atoms with E-state index in [0.717, 1.165) is 12.8 Å². The maximum Gasteiger partial charge on any atom is 0.213 e. The molecule has 1 saturated heterocycles. The smallest absolute Gasteiger partial charge is 0.212 e. The number of rotatable bonds is 3. The van der Waals surface area contributed by atoms with Crippen LogP contribution in [0.2, 0.25) is 0 Å². The van der Waals surface area contributed by atoms with E-state index in [1.165, 1.54) is 11.1 Å². The Morgan fingerprint density at radius 3 is 2.39 bits per heavy atom. The Bertz CT molecular complexity index is 502. The highest BCUT2D eigenvalue weighted by atomic mass is 32.2. The summed E-state index contributed by atoms with van der Waals surface area (Å²) in [5.74, 6) is 0.719. The van der Waals surface area contributed by atoms with Crippen molar-refractivity contribution >= 4 is 10.0 Å². The van der Waals surface area contributed by atoms with Crippen molar-refractivity contribution in [2.45, 2.75) is 32.6 Å². The predicted octanol–water partition coefficient (Wildman–Crippen LogP) is 2.52. The van der Waals surface area contributed by atoms with Crippen LogP contribution >= 0.6 is 0 Å². The zero-order chi connectivity index (χ0) is 13.2. The van der Waals surface area contributed by atoms with Crippen molar-refractivity contribution in [2.24, 2.45) is 0 Å². The first-order valence-electron chi connectivity index (χ1n) is 6.58. The van der Waals surface area contributed by atoms with Crippen LogP contribution < -0.4 is 0 Å². The zero-order valence-electron chi connectivity index (χ0n) is 11.1. The lowest BCUT2D eigenvalue weighted by Gasteiger charge is -2.31. The van der Waals surface area contributed by atoms with Gasteiger partial charge in [0, 0.05) is 13.1 Å². The molecular weight excluding hydrogens is 246 g/mol. The van der Waals surface area contributed by atoms with Crippen LogP contribution in [0.5, 0.6) is 0 Å². The molecule has 0 atom stereocenters. The second-order valence-electron chi connectivity index (χ2n) is 4.93. The average Bonchev–Trinajstić information content (AvgIpc) is 2.39. The minimum Gasteiger partial charge on any atom is -0.212 e. The van der Waals surface area contributed by atoms with Crippen LogP contribution in [0.25, 0.3) is 0 Å². The Kier molecular flexibility index (Phi) is 4.07. The highest BCUT2D eigenvalue weighted by Crippen LogP contribution is 2.30. The monoisotopic (exact) mass is 267 g/mol. The topological polar surface area (TPSA) is 37.4 Å². The van der Waals surface area contributed by atoms with Gasteiger partial charge in [0.25, 0.3) is 0 Å². The van der Waals surface area contributed by atoms with Crippen LogP contribution in [0.15, 0.2) is 24.3 Å². The summed E-state index contributed by atoms with van der Waals surface area (Å²) >= 11 is 0. The molecule has 3 nitrogen and oxygen atoms in total. The summed E-state index contributed by atoms with van der Waals surface area (Å²) in [5, 5.41) is 0. The summed E-state index contributed by atoms with van der Waals surface area (Å²) in [4.78, 5) is 0. The molecule has 1 heterocycles. The molecule has 1 aromatic rings. The SMILES string of the molecule is CCS(=O)(=O)N1CCC(c2ccccc2C)CC1. The first-order valence-corrected chi connectivity index (χ1v) is 8.19. The lowest BCUT2D eigenvalue weighted by atomic mass is 9.87. The van der Waals surface area contributed by atoms with Crippen molar-refractivity contribution in [1.29, 1.82) is 0 Å². The molecule has 1 aromatic carbocycles. The molecular formula is C14H21NO2S. The number of hydrogen-bond acceptors (Lipinski definition) is 2. The van der Waals surface area contributed by atoms with Crippen molar-refractivity contribution in [1.82, 2.24) is 4.31 Å². The molecule has 2 rings (SSSR count). The van der Waals surface area contributed by atoms with Crippen LogP contribution in [-0.4, -0.2) is 31.6 Å². The van der Waals surface area contributed by atoms with Gasteiger partial charge in [-0.3, -0.25) is 0 Å². The number of benzene rings is 1. The van der Waals surface area contributed by atoms with Gasteiger partial charge in [0.1, 0.15) is 0 Å². The Morgan fingerprint density at radius 2 is 1.83 bits per heavy atom. The van der Waals surface area contributed by atoms with E-state index in [2.05, 4.69) is 31.2 Å². The van der Waals surface area contributed by atoms with Gasteiger partial charge in [-0.2, -0.15) is 0 Å². The molecule has 0 amide bonds. The van der Waals surface area contributed by atoms with E-state index < -0.39 is 10.0 Å². The zero-order valence-corrected chi connectivity index (χ0v) is 11.9. The molecule has 0 radical (unpaired) electrons. The van der Waals surface area contributed by atoms with Crippen molar-refractivity contribution in [3.63, 3.8) is 0 Å². The molecule has 0 spiro atoms. The third-order valence-corrected chi connectivity index (χ3v) is 5.72. The number of nitrogens with zero attached hydrogens (tertiary/aromatic N) is 1. The Balaban J connectivity index is 2.06. The fourth-order valence-electron chi connectivity index (χ4n) is 2.67. The van der Waals surface area contributed by atoms with E-state index >= 15 is 0 Å². The Labute approximate surface area is 110 Å². The number of aryl methyl sites for hydroxylation is 1. The van der Waals surface area contributed by atoms with Crippen LogP contribution in [0, 0.1) is 6.92 Å². The van der Waals surface area contributed by atoms with E-state index in [9.17, 15) is 8.42 Å². The summed E-state index contributed by atoms with van der Waals surface area (Å²) in [7, 11) is -3.00. The highest BCUT2D eigenvalue weighted by Gasteiger charge is 2.27. The molecule has 0 N–H and O–H groups in total. The summed E-state index contributed by atoms with van der Waals surface area (Å²) in [5.41, 5.74) is 2.69. The van der Waals surface area contributed by atoms with Gasteiger partial charge >= 0.3 is 0 Å². The quantitative estimate of drug-likeness (QED) is 0.844. The summed E-state index contributed by atoms with van der Waals surface area (Å²) in [6, 6.07) is 8.42. The van der Waals surface area contributed by atoms with Crippen molar-refractivity contribution in [2.75, 3.05) is 18.8 Å². The second-order valence-corrected chi connectivity index (χ2v) is 7.19. The van der Waals surface area contributed by atoms with Crippen molar-refractivity contribution in [3.8, 4) is 0 Å². The van der Waals surface area contributed by atoms with Crippen LogP contribution in [0.4, 0.5) is 0 Å². The molecule has 100 valence electrons. The number of piperidine rings is 1. The van der Waals surface area contributed by atoms with Crippen molar-refractivity contribution in [3.05, 3.63) is 35.4 Å². The lowest BCUT2D eigenvalue weighted by Crippen LogP contribution is -2.38. The third kappa shape index (κ3) is 2.75. The molecule has 1 aliphatic rings. The Morgan fingerprint density at radius 1 is 1.22 bits per heavy atom. The van der Waals surface area contributed by atoms with Crippen LogP contribution in [0.1, 0.15) is 36.8 Å². The largest absolute Gasteiger partial charge is 0.213 e. The molecule has 4 heteroatoms. The summed E-state index contributed by atoms with van der Waals surface area (Å²) < 4.78 is 25.2. The van der Waals surface area contributed by atoms with E-state index in [1.54, 1.807) is 11.2 Å². The third-order valence-electron chi connectivity index (χ3n) is 3.84. The molecule has 0 bridgehead atoms. The molecule has 0 aliphatic carbocycles. The number of sulfonamides is 1. The molecule has 1 aliphatic heterocycles. The van der Waals surface area contributed by atoms with Gasteiger partial charge in [0.05, 0.1) is 5.75 Å². The normalized spacial score (nSPS) is 19.0. The first kappa shape index (κ1) is 13.6. The molecule has 1 fully saturated rings. The Hall–Kier alpha value is -0.870. The van der Waals surface area contributed by atoms with Gasteiger partial charge in [0.15, 0.2) is 0 Å². The van der Waals surface area contributed by atoms with Gasteiger partial charge in [-0.1, -0.05) is 24.3 Å². The van der Waals surface area contributed by atoms with Crippen LogP contribution in [-0.2, 0) is 10.0 Å². The average molecular weight is 267 g/mol. The van der Waals surface area contributed by atoms with Gasteiger partial charge in [-0.25, -0.2) is 12.7 Å². The van der Waals surface area contributed by atoms with E-state index in [-0.39, 0.29) is 5.75 Å². The number of hydrogen-bond donors (Lipinski definition) is 0. The highest BCUT2D eigenvalue weighted by molar-refractivity contribution is 7.89. The van der Waals surface area contributed by atoms with Gasteiger partial charge in [0.2, 0.25) is 10.0 Å². The lowest BCUT2D eigenvalue weighted by molar-refractivity contribution is 0.319. The minimum atomic E-state index is -3.00. The van der Waals surface area contributed by atoms with E-state index in [0.29, 0.717) is 19.0 Å². The fraction of sp³-hybridized carbons (Fsp3) is 0.571.